The molecule has 1 rings (SSSR count). The Kier molecular flexibility index (Phi) is 2.72. The van der Waals surface area contributed by atoms with Crippen molar-refractivity contribution >= 4 is 4.61 Å². The summed E-state index contributed by atoms with van der Waals surface area (Å²) >= 11 is -1.05. The molecule has 0 aliphatic carbocycles. The molecule has 0 fully saturated rings. The normalized spacial score (nSPS) is 11.2. The van der Waals surface area contributed by atoms with Crippen molar-refractivity contribution in [2.24, 2.45) is 0 Å². The molecule has 0 unspecified atom stereocenters. The van der Waals surface area contributed by atoms with Crippen molar-refractivity contribution in [1.82, 2.24) is 0 Å². The molecule has 0 heterocycles. The maximum atomic E-state index is 11.7. The molecule has 1 aromatic rings. The number of hydrogen-bond acceptors (Lipinski definition) is 0. The minimum atomic E-state index is -1.05. The van der Waals surface area contributed by atoms with E-state index in [2.05, 4.69) is 0 Å². The summed E-state index contributed by atoms with van der Waals surface area (Å²) in [6, 6.07) is 9.53. The number of halogens is 1. The van der Waals surface area contributed by atoms with Gasteiger partial charge in [0.05, 0.1) is 0 Å². The van der Waals surface area contributed by atoms with Gasteiger partial charge in [-0.15, -0.1) is 0 Å². The van der Waals surface area contributed by atoms with Crippen LogP contribution in [-0.4, -0.2) is 4.61 Å². The third-order valence-electron chi connectivity index (χ3n) is 0.956. The topological polar surface area (TPSA) is 0 Å². The van der Waals surface area contributed by atoms with Crippen molar-refractivity contribution in [3.05, 3.63) is 35.9 Å². The molecule has 9 heavy (non-hydrogen) atoms. The molecule has 0 aliphatic heterocycles. The van der Waals surface area contributed by atoms with Crippen LogP contribution in [0.3, 0.4) is 0 Å². The molecule has 0 bridgehead atoms. The number of rotatable bonds is 1. The second kappa shape index (κ2) is 3.63. The van der Waals surface area contributed by atoms with E-state index >= 15 is 0 Å². The van der Waals surface area contributed by atoms with E-state index in [9.17, 15) is 3.32 Å². The van der Waals surface area contributed by atoms with Crippen LogP contribution in [0.4, 0.5) is 3.32 Å². The Bertz CT molecular complexity index is 193. The van der Waals surface area contributed by atoms with Gasteiger partial charge in [0.25, 0.3) is 0 Å². The van der Waals surface area contributed by atoms with E-state index in [1.165, 1.54) is 0 Å². The zero-order valence-corrected chi connectivity index (χ0v) is 6.43. The summed E-state index contributed by atoms with van der Waals surface area (Å²) in [6.07, 6.45) is 0. The molecule has 0 N–H and O–H groups in total. The molecular weight excluding hydrogens is 204 g/mol. The van der Waals surface area contributed by atoms with E-state index in [0.717, 1.165) is 5.56 Å². The van der Waals surface area contributed by atoms with Gasteiger partial charge < -0.3 is 0 Å². The summed E-state index contributed by atoms with van der Waals surface area (Å²) in [5.41, 5.74) is 0.984. The van der Waals surface area contributed by atoms with Crippen LogP contribution < -0.4 is 0 Å². The van der Waals surface area contributed by atoms with E-state index in [4.69, 9.17) is 0 Å². The van der Waals surface area contributed by atoms with E-state index in [0.29, 0.717) is 0 Å². The van der Waals surface area contributed by atoms with Gasteiger partial charge in [-0.2, -0.15) is 0 Å². The summed E-state index contributed by atoms with van der Waals surface area (Å²) in [6.45, 7) is 0. The van der Waals surface area contributed by atoms with Crippen molar-refractivity contribution in [1.29, 1.82) is 0 Å². The first-order valence-electron chi connectivity index (χ1n) is 2.54. The van der Waals surface area contributed by atoms with Crippen LogP contribution in [0.1, 0.15) is 5.56 Å². The Labute approximate surface area is 61.4 Å². The van der Waals surface area contributed by atoms with Gasteiger partial charge in [-0.3, -0.25) is 0 Å². The Hall–Kier alpha value is -0.357. The molecule has 0 saturated carbocycles. The van der Waals surface area contributed by atoms with Gasteiger partial charge >= 0.3 is 61.0 Å². The molecular formula is C7H6FRu. The fourth-order valence-electron chi connectivity index (χ4n) is 0.566. The molecule has 2 heteroatoms. The van der Waals surface area contributed by atoms with Crippen LogP contribution in [0.2, 0.25) is 0 Å². The summed E-state index contributed by atoms with van der Waals surface area (Å²) in [5.74, 6) is 0. The summed E-state index contributed by atoms with van der Waals surface area (Å²) in [7, 11) is 0. The monoisotopic (exact) mass is 211 g/mol. The molecule has 0 saturated heterocycles. The Morgan fingerprint density at radius 3 is 2.44 bits per heavy atom. The van der Waals surface area contributed by atoms with Gasteiger partial charge in [0.1, 0.15) is 0 Å². The number of benzene rings is 1. The predicted molar refractivity (Wildman–Crippen MR) is 32.7 cm³/mol. The average Bonchev–Trinajstić information content (AvgIpc) is 1.91. The predicted octanol–water partition coefficient (Wildman–Crippen LogP) is 1.80. The zero-order chi connectivity index (χ0) is 6.53. The van der Waals surface area contributed by atoms with E-state index in [-0.39, 0.29) is 0 Å². The first-order valence-corrected chi connectivity index (χ1v) is 4.20. The Balaban J connectivity index is 2.85. The molecule has 0 aromatic heterocycles. The van der Waals surface area contributed by atoms with Gasteiger partial charge in [-0.25, -0.2) is 0 Å². The van der Waals surface area contributed by atoms with E-state index < -0.39 is 17.2 Å². The van der Waals surface area contributed by atoms with Crippen molar-refractivity contribution in [2.75, 3.05) is 0 Å². The van der Waals surface area contributed by atoms with Crippen molar-refractivity contribution in [3.63, 3.8) is 0 Å². The summed E-state index contributed by atoms with van der Waals surface area (Å²) < 4.78 is 13.3. The SMILES string of the molecule is [F][Ru]=[CH]c1ccccc1. The van der Waals surface area contributed by atoms with Gasteiger partial charge in [-0.05, 0) is 0 Å². The van der Waals surface area contributed by atoms with Crippen LogP contribution in [0, 0.1) is 0 Å². The van der Waals surface area contributed by atoms with Crippen molar-refractivity contribution in [3.8, 4) is 0 Å². The second-order valence-corrected chi connectivity index (χ2v) is 2.47. The standard InChI is InChI=1S/C7H6.FH.Ru/c1-7-5-3-2-4-6-7;;/h1-6H;1H;/q;;+1/p-1. The third kappa shape index (κ3) is 2.15. The van der Waals surface area contributed by atoms with Crippen LogP contribution in [0.25, 0.3) is 0 Å². The van der Waals surface area contributed by atoms with Gasteiger partial charge in [-0.1, -0.05) is 0 Å². The molecule has 0 nitrogen and oxygen atoms in total. The molecule has 0 radical (unpaired) electrons. The van der Waals surface area contributed by atoms with Crippen LogP contribution in [0.5, 0.6) is 0 Å². The molecule has 1 aromatic carbocycles. The molecule has 49 valence electrons. The first kappa shape index (κ1) is 6.76. The molecule has 0 aliphatic rings. The summed E-state index contributed by atoms with van der Waals surface area (Å²) in [4.78, 5) is 0. The van der Waals surface area contributed by atoms with Crippen molar-refractivity contribution < 1.29 is 20.5 Å². The fraction of sp³-hybridized carbons (Fsp3) is 0. The summed E-state index contributed by atoms with van der Waals surface area (Å²) in [5, 5.41) is 0. The fourth-order valence-corrected chi connectivity index (χ4v) is 1.12. The van der Waals surface area contributed by atoms with Crippen LogP contribution >= 0.6 is 0 Å². The number of hydrogen-bond donors (Lipinski definition) is 0. The van der Waals surface area contributed by atoms with Crippen LogP contribution in [0.15, 0.2) is 30.3 Å². The van der Waals surface area contributed by atoms with Crippen LogP contribution in [-0.2, 0) is 17.2 Å². The molecule has 0 spiro atoms. The second-order valence-electron chi connectivity index (χ2n) is 1.59. The quantitative estimate of drug-likeness (QED) is 0.620. The molecule has 0 atom stereocenters. The molecule has 0 amide bonds. The average molecular weight is 210 g/mol. The third-order valence-corrected chi connectivity index (χ3v) is 1.73. The maximum absolute atomic E-state index is 11.7. The Morgan fingerprint density at radius 2 is 1.89 bits per heavy atom. The van der Waals surface area contributed by atoms with Crippen molar-refractivity contribution in [2.45, 2.75) is 0 Å². The van der Waals surface area contributed by atoms with Gasteiger partial charge in [0.15, 0.2) is 0 Å². The van der Waals surface area contributed by atoms with Gasteiger partial charge in [0, 0.05) is 0 Å². The Morgan fingerprint density at radius 1 is 1.22 bits per heavy atom. The zero-order valence-electron chi connectivity index (χ0n) is 4.70. The van der Waals surface area contributed by atoms with Gasteiger partial charge in [0.2, 0.25) is 0 Å². The van der Waals surface area contributed by atoms with E-state index in [1.54, 1.807) is 4.61 Å². The first-order chi connectivity index (χ1) is 4.43. The van der Waals surface area contributed by atoms with E-state index in [1.807, 2.05) is 30.3 Å². The minimum absolute atomic E-state index is 0.984.